The van der Waals surface area contributed by atoms with Crippen LogP contribution in [0.4, 0.5) is 5.69 Å². The number of ketones is 1. The molecule has 0 bridgehead atoms. The van der Waals surface area contributed by atoms with Crippen molar-refractivity contribution in [1.82, 2.24) is 20.8 Å². The second-order valence-corrected chi connectivity index (χ2v) is 10.6. The zero-order valence-electron chi connectivity index (χ0n) is 23.3. The fourth-order valence-corrected chi connectivity index (χ4v) is 5.07. The number of rotatable bonds is 9. The molecule has 2 amide bonds. The molecule has 5 rings (SSSR count). The maximum atomic E-state index is 13.3. The third-order valence-electron chi connectivity index (χ3n) is 7.11. The lowest BCUT2D eigenvalue weighted by Crippen LogP contribution is -2.50. The lowest BCUT2D eigenvalue weighted by molar-refractivity contribution is -0.123. The van der Waals surface area contributed by atoms with Crippen molar-refractivity contribution in [2.45, 2.75) is 39.3 Å². The molecule has 9 nitrogen and oxygen atoms in total. The maximum Gasteiger partial charge on any atom is 0.286 e. The minimum atomic E-state index is -0.901. The van der Waals surface area contributed by atoms with E-state index in [0.717, 1.165) is 22.3 Å². The van der Waals surface area contributed by atoms with Crippen molar-refractivity contribution in [3.05, 3.63) is 113 Å². The molecule has 1 aliphatic rings. The zero-order valence-corrected chi connectivity index (χ0v) is 23.3. The third-order valence-corrected chi connectivity index (χ3v) is 7.11. The quantitative estimate of drug-likeness (QED) is 0.302. The lowest BCUT2D eigenvalue weighted by atomic mass is 9.97. The summed E-state index contributed by atoms with van der Waals surface area (Å²) < 4.78 is 5.69. The summed E-state index contributed by atoms with van der Waals surface area (Å²) >= 11 is 0. The van der Waals surface area contributed by atoms with Gasteiger partial charge in [0.25, 0.3) is 5.89 Å². The number of hydrogen-bond acceptors (Lipinski definition) is 7. The van der Waals surface area contributed by atoms with Crippen molar-refractivity contribution in [1.29, 1.82) is 0 Å². The highest BCUT2D eigenvalue weighted by molar-refractivity contribution is 6.03. The van der Waals surface area contributed by atoms with E-state index < -0.39 is 17.7 Å². The molecule has 1 unspecified atom stereocenters. The third kappa shape index (κ3) is 6.41. The van der Waals surface area contributed by atoms with E-state index in [0.29, 0.717) is 18.0 Å². The summed E-state index contributed by atoms with van der Waals surface area (Å²) in [6.45, 7) is 5.47. The van der Waals surface area contributed by atoms with Crippen molar-refractivity contribution in [3.8, 4) is 0 Å². The zero-order chi connectivity index (χ0) is 28.9. The SMILES string of the molecule is Cc1cccc(Cc2nnc(C(=O)[C@@H](NC(=O)CN3C(=O)CNC(c4ccccc4)c4ccccc43)C(C)C)o2)c1. The van der Waals surface area contributed by atoms with Crippen LogP contribution in [0.15, 0.2) is 83.3 Å². The van der Waals surface area contributed by atoms with E-state index in [1.54, 1.807) is 0 Å². The Labute approximate surface area is 239 Å². The molecule has 0 fully saturated rings. The molecule has 9 heteroatoms. The number of amides is 2. The second kappa shape index (κ2) is 12.3. The fourth-order valence-electron chi connectivity index (χ4n) is 5.07. The Morgan fingerprint density at radius 3 is 2.54 bits per heavy atom. The number of aromatic nitrogens is 2. The molecule has 2 N–H and O–H groups in total. The Bertz CT molecular complexity index is 1550. The molecule has 1 aliphatic heterocycles. The molecule has 2 heterocycles. The van der Waals surface area contributed by atoms with Gasteiger partial charge in [0, 0.05) is 5.69 Å². The molecule has 3 aromatic carbocycles. The van der Waals surface area contributed by atoms with E-state index in [1.807, 2.05) is 99.6 Å². The van der Waals surface area contributed by atoms with Crippen LogP contribution >= 0.6 is 0 Å². The summed E-state index contributed by atoms with van der Waals surface area (Å²) in [6, 6.07) is 24.2. The number of benzene rings is 3. The highest BCUT2D eigenvalue weighted by Crippen LogP contribution is 2.33. The summed E-state index contributed by atoms with van der Waals surface area (Å²) in [7, 11) is 0. The largest absolute Gasteiger partial charge is 0.418 e. The molecule has 2 atom stereocenters. The number of nitrogens with zero attached hydrogens (tertiary/aromatic N) is 3. The van der Waals surface area contributed by atoms with Crippen LogP contribution in [0.25, 0.3) is 0 Å². The highest BCUT2D eigenvalue weighted by Gasteiger charge is 2.33. The van der Waals surface area contributed by atoms with Gasteiger partial charge in [-0.1, -0.05) is 92.2 Å². The van der Waals surface area contributed by atoms with Gasteiger partial charge < -0.3 is 14.6 Å². The predicted molar refractivity (Wildman–Crippen MR) is 154 cm³/mol. The van der Waals surface area contributed by atoms with Crippen LogP contribution in [0.3, 0.4) is 0 Å². The van der Waals surface area contributed by atoms with Crippen molar-refractivity contribution >= 4 is 23.3 Å². The first-order valence-electron chi connectivity index (χ1n) is 13.7. The fraction of sp³-hybridized carbons (Fsp3) is 0.281. The molecular formula is C32H33N5O4. The molecule has 0 saturated carbocycles. The highest BCUT2D eigenvalue weighted by atomic mass is 16.4. The molecular weight excluding hydrogens is 518 g/mol. The van der Waals surface area contributed by atoms with Gasteiger partial charge in [-0.15, -0.1) is 10.2 Å². The first kappa shape index (κ1) is 27.9. The van der Waals surface area contributed by atoms with E-state index in [2.05, 4.69) is 20.8 Å². The molecule has 1 aromatic heterocycles. The van der Waals surface area contributed by atoms with Crippen LogP contribution in [-0.2, 0) is 16.0 Å². The van der Waals surface area contributed by atoms with Gasteiger partial charge in [0.1, 0.15) is 6.54 Å². The second-order valence-electron chi connectivity index (χ2n) is 10.6. The first-order valence-corrected chi connectivity index (χ1v) is 13.7. The van der Waals surface area contributed by atoms with Crippen LogP contribution < -0.4 is 15.5 Å². The van der Waals surface area contributed by atoms with Crippen molar-refractivity contribution < 1.29 is 18.8 Å². The molecule has 0 aliphatic carbocycles. The average molecular weight is 552 g/mol. The standard InChI is InChI=1S/C32H33N5O4/c1-20(2)29(31(40)32-36-35-27(41-32)17-22-11-9-10-21(3)16-22)34-26(38)19-37-25-15-8-7-14-24(25)30(33-18-28(37)39)23-12-5-4-6-13-23/h4-16,20,29-30,33H,17-19H2,1-3H3,(H,34,38)/t29-,30?/m0/s1. The minimum Gasteiger partial charge on any atom is -0.418 e. The van der Waals surface area contributed by atoms with Crippen LogP contribution in [0, 0.1) is 12.8 Å². The number of carbonyl (C=O) groups excluding carboxylic acids is 3. The van der Waals surface area contributed by atoms with Crippen molar-refractivity contribution in [2.75, 3.05) is 18.0 Å². The van der Waals surface area contributed by atoms with Gasteiger partial charge in [-0.3, -0.25) is 19.7 Å². The normalized spacial score (nSPS) is 15.8. The molecule has 4 aromatic rings. The number of Topliss-reactive ketones (excluding diaryl/α,β-unsaturated/α-hetero) is 1. The Hall–Kier alpha value is -4.63. The number of anilines is 1. The van der Waals surface area contributed by atoms with Gasteiger partial charge in [-0.25, -0.2) is 0 Å². The van der Waals surface area contributed by atoms with E-state index in [9.17, 15) is 14.4 Å². The van der Waals surface area contributed by atoms with Crippen LogP contribution in [0.2, 0.25) is 0 Å². The average Bonchev–Trinajstić information content (AvgIpc) is 3.38. The number of nitrogens with one attached hydrogen (secondary N) is 2. The van der Waals surface area contributed by atoms with Gasteiger partial charge in [-0.2, -0.15) is 0 Å². The van der Waals surface area contributed by atoms with Crippen molar-refractivity contribution in [3.63, 3.8) is 0 Å². The Morgan fingerprint density at radius 1 is 1.02 bits per heavy atom. The smallest absolute Gasteiger partial charge is 0.286 e. The topological polar surface area (TPSA) is 117 Å². The number of para-hydroxylation sites is 1. The summed E-state index contributed by atoms with van der Waals surface area (Å²) in [5.74, 6) is -1.26. The monoisotopic (exact) mass is 551 g/mol. The van der Waals surface area contributed by atoms with E-state index >= 15 is 0 Å². The van der Waals surface area contributed by atoms with Crippen LogP contribution in [0.1, 0.15) is 58.7 Å². The molecule has 210 valence electrons. The van der Waals surface area contributed by atoms with Crippen molar-refractivity contribution in [2.24, 2.45) is 5.92 Å². The van der Waals surface area contributed by atoms with Gasteiger partial charge >= 0.3 is 0 Å². The van der Waals surface area contributed by atoms with E-state index in [4.69, 9.17) is 4.42 Å². The first-order chi connectivity index (χ1) is 19.8. The minimum absolute atomic E-state index is 0.0553. The molecule has 41 heavy (non-hydrogen) atoms. The number of hydrogen-bond donors (Lipinski definition) is 2. The Kier molecular flexibility index (Phi) is 8.35. The summed E-state index contributed by atoms with van der Waals surface area (Å²) in [6.07, 6.45) is 0.398. The van der Waals surface area contributed by atoms with E-state index in [1.165, 1.54) is 4.90 Å². The molecule has 0 spiro atoms. The van der Waals surface area contributed by atoms with E-state index in [-0.39, 0.29) is 36.8 Å². The summed E-state index contributed by atoms with van der Waals surface area (Å²) in [5, 5.41) is 14.1. The van der Waals surface area contributed by atoms with Gasteiger partial charge in [-0.05, 0) is 35.6 Å². The number of fused-ring (bicyclic) bond motifs is 1. The van der Waals surface area contributed by atoms with Gasteiger partial charge in [0.15, 0.2) is 0 Å². The molecule has 0 radical (unpaired) electrons. The Balaban J connectivity index is 1.31. The summed E-state index contributed by atoms with van der Waals surface area (Å²) in [5.41, 5.74) is 4.66. The lowest BCUT2D eigenvalue weighted by Gasteiger charge is -2.25. The molecule has 0 saturated heterocycles. The number of aryl methyl sites for hydroxylation is 1. The van der Waals surface area contributed by atoms with Crippen LogP contribution in [0.5, 0.6) is 0 Å². The summed E-state index contributed by atoms with van der Waals surface area (Å²) in [4.78, 5) is 41.4. The maximum absolute atomic E-state index is 13.3. The number of carbonyl (C=O) groups is 3. The van der Waals surface area contributed by atoms with Crippen LogP contribution in [-0.4, -0.2) is 46.9 Å². The predicted octanol–water partition coefficient (Wildman–Crippen LogP) is 4.02. The Morgan fingerprint density at radius 2 is 1.78 bits per heavy atom. The van der Waals surface area contributed by atoms with Gasteiger partial charge in [0.05, 0.1) is 25.0 Å². The van der Waals surface area contributed by atoms with Gasteiger partial charge in [0.2, 0.25) is 23.5 Å².